The monoisotopic (exact) mass is 338 g/mol. The highest BCUT2D eigenvalue weighted by Crippen LogP contribution is 2.20. The van der Waals surface area contributed by atoms with Gasteiger partial charge in [-0.3, -0.25) is 9.59 Å². The van der Waals surface area contributed by atoms with Crippen molar-refractivity contribution in [2.45, 2.75) is 19.3 Å². The third-order valence-electron chi connectivity index (χ3n) is 2.93. The van der Waals surface area contributed by atoms with E-state index in [0.29, 0.717) is 25.1 Å². The number of hydrogen-bond acceptors (Lipinski definition) is 2. The zero-order valence-corrected chi connectivity index (χ0v) is 12.4. The molecule has 0 aliphatic heterocycles. The summed E-state index contributed by atoms with van der Waals surface area (Å²) < 4.78 is 0.963. The molecule has 5 nitrogen and oxygen atoms in total. The van der Waals surface area contributed by atoms with E-state index in [4.69, 9.17) is 5.11 Å². The molecule has 0 aliphatic rings. The van der Waals surface area contributed by atoms with Crippen molar-refractivity contribution in [1.29, 1.82) is 0 Å². The molecule has 106 valence electrons. The van der Waals surface area contributed by atoms with E-state index in [1.807, 2.05) is 18.2 Å². The number of aromatic amines is 1. The number of benzene rings is 1. The molecule has 1 aromatic heterocycles. The largest absolute Gasteiger partial charge is 0.481 e. The lowest BCUT2D eigenvalue weighted by atomic mass is 10.2. The van der Waals surface area contributed by atoms with E-state index in [9.17, 15) is 9.59 Å². The molecule has 0 radical (unpaired) electrons. The number of carboxylic acid groups (broad SMARTS) is 1. The number of rotatable bonds is 6. The van der Waals surface area contributed by atoms with Crippen molar-refractivity contribution in [3.05, 3.63) is 34.4 Å². The number of carboxylic acids is 1. The third kappa shape index (κ3) is 3.84. The highest BCUT2D eigenvalue weighted by atomic mass is 79.9. The van der Waals surface area contributed by atoms with Gasteiger partial charge in [0.25, 0.3) is 5.91 Å². The summed E-state index contributed by atoms with van der Waals surface area (Å²) >= 11 is 3.39. The zero-order chi connectivity index (χ0) is 14.5. The van der Waals surface area contributed by atoms with Gasteiger partial charge in [0.15, 0.2) is 0 Å². The van der Waals surface area contributed by atoms with Crippen molar-refractivity contribution in [3.8, 4) is 0 Å². The topological polar surface area (TPSA) is 82.2 Å². The maximum absolute atomic E-state index is 11.9. The van der Waals surface area contributed by atoms with E-state index >= 15 is 0 Å². The van der Waals surface area contributed by atoms with Gasteiger partial charge in [0.05, 0.1) is 0 Å². The van der Waals surface area contributed by atoms with Crippen LogP contribution in [0.4, 0.5) is 0 Å². The smallest absolute Gasteiger partial charge is 0.303 e. The van der Waals surface area contributed by atoms with Crippen LogP contribution in [0.25, 0.3) is 10.9 Å². The van der Waals surface area contributed by atoms with Crippen LogP contribution in [-0.2, 0) is 4.79 Å². The number of amides is 1. The zero-order valence-electron chi connectivity index (χ0n) is 10.8. The summed E-state index contributed by atoms with van der Waals surface area (Å²) in [5.74, 6) is -0.981. The summed E-state index contributed by atoms with van der Waals surface area (Å²) in [6.45, 7) is 0.477. The second-order valence-corrected chi connectivity index (χ2v) is 5.44. The molecular weight excluding hydrogens is 324 g/mol. The predicted molar refractivity (Wildman–Crippen MR) is 79.8 cm³/mol. The molecule has 3 N–H and O–H groups in total. The van der Waals surface area contributed by atoms with Gasteiger partial charge in [0.1, 0.15) is 5.69 Å². The Bertz CT molecular complexity index is 636. The van der Waals surface area contributed by atoms with Gasteiger partial charge in [0.2, 0.25) is 0 Å². The number of halogens is 1. The van der Waals surface area contributed by atoms with Crippen molar-refractivity contribution < 1.29 is 14.7 Å². The summed E-state index contributed by atoms with van der Waals surface area (Å²) in [5.41, 5.74) is 1.42. The van der Waals surface area contributed by atoms with Crippen molar-refractivity contribution in [2.75, 3.05) is 6.54 Å². The van der Waals surface area contributed by atoms with Gasteiger partial charge in [-0.05, 0) is 37.1 Å². The molecule has 0 saturated heterocycles. The van der Waals surface area contributed by atoms with Crippen LogP contribution in [0.2, 0.25) is 0 Å². The minimum atomic E-state index is -0.808. The molecule has 0 aliphatic carbocycles. The van der Waals surface area contributed by atoms with E-state index in [1.54, 1.807) is 6.07 Å². The van der Waals surface area contributed by atoms with E-state index in [0.717, 1.165) is 15.4 Å². The molecule has 1 aromatic carbocycles. The fourth-order valence-electron chi connectivity index (χ4n) is 1.92. The summed E-state index contributed by atoms with van der Waals surface area (Å²) in [6, 6.07) is 7.55. The van der Waals surface area contributed by atoms with Crippen LogP contribution >= 0.6 is 15.9 Å². The summed E-state index contributed by atoms with van der Waals surface area (Å²) in [6.07, 6.45) is 1.36. The molecule has 2 aromatic rings. The van der Waals surface area contributed by atoms with Gasteiger partial charge < -0.3 is 15.4 Å². The van der Waals surface area contributed by atoms with Gasteiger partial charge >= 0.3 is 5.97 Å². The molecular formula is C14H15BrN2O3. The van der Waals surface area contributed by atoms with Crippen LogP contribution in [-0.4, -0.2) is 28.5 Å². The molecule has 0 saturated carbocycles. The minimum absolute atomic E-state index is 0.135. The Balaban J connectivity index is 1.89. The average Bonchev–Trinajstić information content (AvgIpc) is 2.80. The maximum Gasteiger partial charge on any atom is 0.303 e. The Morgan fingerprint density at radius 3 is 2.80 bits per heavy atom. The molecule has 0 fully saturated rings. The van der Waals surface area contributed by atoms with Crippen molar-refractivity contribution in [2.24, 2.45) is 0 Å². The number of fused-ring (bicyclic) bond motifs is 1. The van der Waals surface area contributed by atoms with Crippen LogP contribution in [0.15, 0.2) is 28.7 Å². The highest BCUT2D eigenvalue weighted by Gasteiger charge is 2.09. The molecule has 0 spiro atoms. The molecule has 0 unspecified atom stereocenters. The number of nitrogens with one attached hydrogen (secondary N) is 2. The summed E-state index contributed by atoms with van der Waals surface area (Å²) in [7, 11) is 0. The summed E-state index contributed by atoms with van der Waals surface area (Å²) in [5, 5.41) is 12.2. The second kappa shape index (κ2) is 6.56. The van der Waals surface area contributed by atoms with Crippen molar-refractivity contribution in [3.63, 3.8) is 0 Å². The molecule has 20 heavy (non-hydrogen) atoms. The first-order valence-electron chi connectivity index (χ1n) is 6.34. The quantitative estimate of drug-likeness (QED) is 0.708. The number of aromatic nitrogens is 1. The molecule has 1 amide bonds. The molecule has 6 heteroatoms. The molecule has 0 bridgehead atoms. The fourth-order valence-corrected chi connectivity index (χ4v) is 2.30. The Kier molecular flexibility index (Phi) is 4.79. The first-order chi connectivity index (χ1) is 9.56. The maximum atomic E-state index is 11.9. The Hall–Kier alpha value is -1.82. The lowest BCUT2D eigenvalue weighted by molar-refractivity contribution is -0.137. The van der Waals surface area contributed by atoms with Gasteiger partial charge in [-0.25, -0.2) is 0 Å². The number of aliphatic carboxylic acids is 1. The van der Waals surface area contributed by atoms with Crippen LogP contribution in [0, 0.1) is 0 Å². The van der Waals surface area contributed by atoms with Crippen LogP contribution < -0.4 is 5.32 Å². The van der Waals surface area contributed by atoms with Crippen LogP contribution in [0.5, 0.6) is 0 Å². The summed E-state index contributed by atoms with van der Waals surface area (Å²) in [4.78, 5) is 25.3. The fraction of sp³-hybridized carbons (Fsp3) is 0.286. The minimum Gasteiger partial charge on any atom is -0.481 e. The number of H-pyrrole nitrogens is 1. The van der Waals surface area contributed by atoms with Crippen molar-refractivity contribution >= 4 is 38.7 Å². The number of hydrogen-bond donors (Lipinski definition) is 3. The van der Waals surface area contributed by atoms with Gasteiger partial charge in [-0.2, -0.15) is 0 Å². The van der Waals surface area contributed by atoms with E-state index in [1.165, 1.54) is 0 Å². The average molecular weight is 339 g/mol. The van der Waals surface area contributed by atoms with Gasteiger partial charge in [0, 0.05) is 28.3 Å². The first-order valence-corrected chi connectivity index (χ1v) is 7.14. The van der Waals surface area contributed by atoms with Crippen LogP contribution in [0.3, 0.4) is 0 Å². The number of carbonyl (C=O) groups excluding carboxylic acids is 1. The third-order valence-corrected chi connectivity index (χ3v) is 3.42. The molecule has 1 heterocycles. The number of carbonyl (C=O) groups is 2. The number of unbranched alkanes of at least 4 members (excludes halogenated alkanes) is 1. The van der Waals surface area contributed by atoms with E-state index in [2.05, 4.69) is 26.2 Å². The Morgan fingerprint density at radius 1 is 1.25 bits per heavy atom. The first kappa shape index (κ1) is 14.6. The predicted octanol–water partition coefficient (Wildman–Crippen LogP) is 2.92. The Morgan fingerprint density at radius 2 is 2.05 bits per heavy atom. The molecule has 2 rings (SSSR count). The van der Waals surface area contributed by atoms with E-state index in [-0.39, 0.29) is 12.3 Å². The van der Waals surface area contributed by atoms with Crippen molar-refractivity contribution in [1.82, 2.24) is 10.3 Å². The SMILES string of the molecule is O=C(O)CCCCNC(=O)c1cc2cc(Br)ccc2[nH]1. The van der Waals surface area contributed by atoms with Crippen LogP contribution in [0.1, 0.15) is 29.8 Å². The Labute approximate surface area is 124 Å². The standard InChI is InChI=1S/C14H15BrN2O3/c15-10-4-5-11-9(7-10)8-12(17-11)14(20)16-6-2-1-3-13(18)19/h4-5,7-8,17H,1-3,6H2,(H,16,20)(H,18,19). The normalized spacial score (nSPS) is 10.7. The lowest BCUT2D eigenvalue weighted by Gasteiger charge is -2.02. The van der Waals surface area contributed by atoms with Gasteiger partial charge in [-0.1, -0.05) is 15.9 Å². The molecule has 0 atom stereocenters. The lowest BCUT2D eigenvalue weighted by Crippen LogP contribution is -2.24. The van der Waals surface area contributed by atoms with E-state index < -0.39 is 5.97 Å². The second-order valence-electron chi connectivity index (χ2n) is 4.52. The highest BCUT2D eigenvalue weighted by molar-refractivity contribution is 9.10. The van der Waals surface area contributed by atoms with Gasteiger partial charge in [-0.15, -0.1) is 0 Å².